The van der Waals surface area contributed by atoms with E-state index in [1.807, 2.05) is 0 Å². The van der Waals surface area contributed by atoms with Gasteiger partial charge in [-0.25, -0.2) is 4.79 Å². The summed E-state index contributed by atoms with van der Waals surface area (Å²) in [5, 5.41) is 3.56. The number of rotatable bonds is 1. The SMILES string of the molecule is COC(=O)c1noc2cc(C(F)(F)F)ccc12. The van der Waals surface area contributed by atoms with Crippen LogP contribution >= 0.6 is 0 Å². The lowest BCUT2D eigenvalue weighted by Crippen LogP contribution is -2.04. The van der Waals surface area contributed by atoms with Gasteiger partial charge in [-0.15, -0.1) is 0 Å². The molecular weight excluding hydrogens is 239 g/mol. The number of ether oxygens (including phenoxy) is 1. The number of methoxy groups -OCH3 is 1. The standard InChI is InChI=1S/C10H6F3NO3/c1-16-9(15)8-6-3-2-5(10(11,12)13)4-7(6)17-14-8/h2-4H,1H3. The van der Waals surface area contributed by atoms with Crippen LogP contribution in [0.2, 0.25) is 0 Å². The lowest BCUT2D eigenvalue weighted by molar-refractivity contribution is -0.137. The van der Waals surface area contributed by atoms with Gasteiger partial charge in [0.1, 0.15) is 0 Å². The Morgan fingerprint density at radius 3 is 2.71 bits per heavy atom. The van der Waals surface area contributed by atoms with Crippen molar-refractivity contribution in [2.45, 2.75) is 6.18 Å². The highest BCUT2D eigenvalue weighted by molar-refractivity contribution is 6.01. The smallest absolute Gasteiger partial charge is 0.416 e. The minimum Gasteiger partial charge on any atom is -0.464 e. The molecule has 0 aliphatic carbocycles. The number of nitrogens with zero attached hydrogens (tertiary/aromatic N) is 1. The van der Waals surface area contributed by atoms with E-state index in [9.17, 15) is 18.0 Å². The Kier molecular flexibility index (Phi) is 2.53. The van der Waals surface area contributed by atoms with Gasteiger partial charge in [-0.1, -0.05) is 5.16 Å². The van der Waals surface area contributed by atoms with Crippen LogP contribution in [-0.4, -0.2) is 18.2 Å². The third kappa shape index (κ3) is 1.95. The van der Waals surface area contributed by atoms with Crippen LogP contribution in [-0.2, 0) is 10.9 Å². The maximum absolute atomic E-state index is 12.4. The normalized spacial score (nSPS) is 11.8. The van der Waals surface area contributed by atoms with Crippen LogP contribution in [0.25, 0.3) is 11.0 Å². The van der Waals surface area contributed by atoms with Crippen molar-refractivity contribution in [3.63, 3.8) is 0 Å². The van der Waals surface area contributed by atoms with Crippen molar-refractivity contribution in [3.05, 3.63) is 29.5 Å². The quantitative estimate of drug-likeness (QED) is 0.724. The van der Waals surface area contributed by atoms with Crippen molar-refractivity contribution in [1.82, 2.24) is 5.16 Å². The van der Waals surface area contributed by atoms with E-state index in [-0.39, 0.29) is 16.7 Å². The molecule has 2 aromatic rings. The van der Waals surface area contributed by atoms with E-state index in [4.69, 9.17) is 0 Å². The third-order valence-electron chi connectivity index (χ3n) is 2.18. The summed E-state index contributed by atoms with van der Waals surface area (Å²) < 4.78 is 46.3. The molecule has 0 amide bonds. The summed E-state index contributed by atoms with van der Waals surface area (Å²) in [4.78, 5) is 11.2. The first-order chi connectivity index (χ1) is 7.93. The molecule has 4 nitrogen and oxygen atoms in total. The Balaban J connectivity index is 2.56. The van der Waals surface area contributed by atoms with E-state index in [0.29, 0.717) is 0 Å². The van der Waals surface area contributed by atoms with Crippen LogP contribution in [0.3, 0.4) is 0 Å². The number of hydrogen-bond donors (Lipinski definition) is 0. The number of esters is 1. The first kappa shape index (κ1) is 11.4. The molecule has 0 saturated heterocycles. The molecule has 1 aromatic heterocycles. The molecule has 0 N–H and O–H groups in total. The molecule has 0 aliphatic heterocycles. The summed E-state index contributed by atoms with van der Waals surface area (Å²) in [6.07, 6.45) is -4.47. The van der Waals surface area contributed by atoms with E-state index in [2.05, 4.69) is 14.4 Å². The van der Waals surface area contributed by atoms with Gasteiger partial charge in [-0.2, -0.15) is 13.2 Å². The van der Waals surface area contributed by atoms with Crippen molar-refractivity contribution in [2.24, 2.45) is 0 Å². The first-order valence-electron chi connectivity index (χ1n) is 4.48. The monoisotopic (exact) mass is 245 g/mol. The Morgan fingerprint density at radius 1 is 1.41 bits per heavy atom. The zero-order valence-electron chi connectivity index (χ0n) is 8.54. The minimum atomic E-state index is -4.47. The second kappa shape index (κ2) is 3.76. The molecule has 0 bridgehead atoms. The lowest BCUT2D eigenvalue weighted by Gasteiger charge is -2.04. The Bertz CT molecular complexity index is 574. The maximum atomic E-state index is 12.4. The zero-order valence-corrected chi connectivity index (χ0v) is 8.54. The maximum Gasteiger partial charge on any atom is 0.416 e. The van der Waals surface area contributed by atoms with Gasteiger partial charge < -0.3 is 9.26 Å². The number of alkyl halides is 3. The summed E-state index contributed by atoms with van der Waals surface area (Å²) in [5.74, 6) is -0.761. The molecule has 90 valence electrons. The number of fused-ring (bicyclic) bond motifs is 1. The molecule has 0 fully saturated rings. The van der Waals surface area contributed by atoms with E-state index < -0.39 is 17.7 Å². The molecule has 0 spiro atoms. The summed E-state index contributed by atoms with van der Waals surface area (Å²) in [5.41, 5.74) is -1.12. The first-order valence-corrected chi connectivity index (χ1v) is 4.48. The van der Waals surface area contributed by atoms with Crippen molar-refractivity contribution in [1.29, 1.82) is 0 Å². The van der Waals surface area contributed by atoms with Gasteiger partial charge in [0.2, 0.25) is 0 Å². The fourth-order valence-electron chi connectivity index (χ4n) is 1.36. The number of hydrogen-bond acceptors (Lipinski definition) is 4. The van der Waals surface area contributed by atoms with Gasteiger partial charge in [0.25, 0.3) is 0 Å². The second-order valence-electron chi connectivity index (χ2n) is 3.23. The largest absolute Gasteiger partial charge is 0.464 e. The topological polar surface area (TPSA) is 52.3 Å². The molecule has 0 atom stereocenters. The van der Waals surface area contributed by atoms with Crippen molar-refractivity contribution >= 4 is 16.9 Å². The molecule has 0 radical (unpaired) electrons. The molecular formula is C10H6F3NO3. The number of aromatic nitrogens is 1. The highest BCUT2D eigenvalue weighted by atomic mass is 19.4. The Morgan fingerprint density at radius 2 is 2.12 bits per heavy atom. The van der Waals surface area contributed by atoms with Crippen molar-refractivity contribution in [2.75, 3.05) is 7.11 Å². The number of benzene rings is 1. The highest BCUT2D eigenvalue weighted by Crippen LogP contribution is 2.32. The van der Waals surface area contributed by atoms with Gasteiger partial charge in [-0.05, 0) is 18.2 Å². The van der Waals surface area contributed by atoms with Gasteiger partial charge in [0.15, 0.2) is 11.3 Å². The molecule has 7 heteroatoms. The summed E-state index contributed by atoms with van der Waals surface area (Å²) in [6, 6.07) is 2.77. The average molecular weight is 245 g/mol. The van der Waals surface area contributed by atoms with Gasteiger partial charge in [0.05, 0.1) is 18.1 Å². The second-order valence-corrected chi connectivity index (χ2v) is 3.23. The van der Waals surface area contributed by atoms with Crippen LogP contribution in [0.15, 0.2) is 22.7 Å². The van der Waals surface area contributed by atoms with Gasteiger partial charge >= 0.3 is 12.1 Å². The van der Waals surface area contributed by atoms with Gasteiger partial charge in [0, 0.05) is 0 Å². The predicted octanol–water partition coefficient (Wildman–Crippen LogP) is 2.63. The fourth-order valence-corrected chi connectivity index (χ4v) is 1.36. The molecule has 1 aromatic carbocycles. The summed E-state index contributed by atoms with van der Waals surface area (Å²) >= 11 is 0. The van der Waals surface area contributed by atoms with Crippen LogP contribution in [0.5, 0.6) is 0 Å². The van der Waals surface area contributed by atoms with Gasteiger partial charge in [-0.3, -0.25) is 0 Å². The highest BCUT2D eigenvalue weighted by Gasteiger charge is 2.31. The Hall–Kier alpha value is -2.05. The Labute approximate surface area is 92.9 Å². The van der Waals surface area contributed by atoms with E-state index in [1.165, 1.54) is 0 Å². The minimum absolute atomic E-state index is 0.111. The van der Waals surface area contributed by atoms with Crippen LogP contribution < -0.4 is 0 Å². The average Bonchev–Trinajstić information content (AvgIpc) is 2.69. The number of carbonyl (C=O) groups excluding carboxylic acids is 1. The van der Waals surface area contributed by atoms with E-state index in [0.717, 1.165) is 25.3 Å². The van der Waals surface area contributed by atoms with E-state index in [1.54, 1.807) is 0 Å². The predicted molar refractivity (Wildman–Crippen MR) is 50.4 cm³/mol. The van der Waals surface area contributed by atoms with Crippen LogP contribution in [0, 0.1) is 0 Å². The summed E-state index contributed by atoms with van der Waals surface area (Å²) in [7, 11) is 1.15. The molecule has 17 heavy (non-hydrogen) atoms. The van der Waals surface area contributed by atoms with Crippen LogP contribution in [0.1, 0.15) is 16.1 Å². The summed E-state index contributed by atoms with van der Waals surface area (Å²) in [6.45, 7) is 0. The number of carbonyl (C=O) groups is 1. The molecule has 0 saturated carbocycles. The zero-order chi connectivity index (χ0) is 12.6. The molecule has 1 heterocycles. The fraction of sp³-hybridized carbons (Fsp3) is 0.200. The van der Waals surface area contributed by atoms with Crippen LogP contribution in [0.4, 0.5) is 13.2 Å². The third-order valence-corrected chi connectivity index (χ3v) is 2.18. The van der Waals surface area contributed by atoms with Crippen molar-refractivity contribution < 1.29 is 27.2 Å². The number of halogens is 3. The lowest BCUT2D eigenvalue weighted by atomic mass is 10.1. The molecule has 0 unspecified atom stereocenters. The van der Waals surface area contributed by atoms with E-state index >= 15 is 0 Å². The molecule has 0 aliphatic rings. The van der Waals surface area contributed by atoms with Crippen molar-refractivity contribution in [3.8, 4) is 0 Å². The molecule has 2 rings (SSSR count).